The Morgan fingerprint density at radius 1 is 1.18 bits per heavy atom. The summed E-state index contributed by atoms with van der Waals surface area (Å²) in [6.07, 6.45) is 2.25. The number of piperidine rings is 1. The molecule has 1 heterocycles. The normalized spacial score (nSPS) is 16.8. The van der Waals surface area contributed by atoms with Crippen molar-refractivity contribution in [3.8, 4) is 5.75 Å². The number of hydrogen-bond acceptors (Lipinski definition) is 4. The van der Waals surface area contributed by atoms with Crippen LogP contribution in [-0.2, 0) is 10.2 Å². The number of likely N-dealkylation sites (tertiary alicyclic amines) is 1. The summed E-state index contributed by atoms with van der Waals surface area (Å²) in [4.78, 5) is 6.81. The average molecular weight is 391 g/mol. The van der Waals surface area contributed by atoms with Crippen molar-refractivity contribution >= 4 is 5.96 Å². The molecule has 0 atom stereocenters. The first-order valence-corrected chi connectivity index (χ1v) is 10.3. The van der Waals surface area contributed by atoms with Crippen molar-refractivity contribution < 1.29 is 9.47 Å². The number of ether oxygens (including phenoxy) is 2. The Labute approximate surface area is 170 Å². The summed E-state index contributed by atoms with van der Waals surface area (Å²) in [6, 6.07) is 8.75. The maximum absolute atomic E-state index is 6.04. The fraction of sp³-hybridized carbons (Fsp3) is 0.682. The number of hydrogen-bond donors (Lipinski definition) is 2. The molecule has 0 saturated carbocycles. The van der Waals surface area contributed by atoms with E-state index in [1.54, 1.807) is 7.11 Å². The van der Waals surface area contributed by atoms with Crippen molar-refractivity contribution in [2.75, 3.05) is 53.6 Å². The van der Waals surface area contributed by atoms with Gasteiger partial charge in [0.2, 0.25) is 0 Å². The van der Waals surface area contributed by atoms with Gasteiger partial charge in [0.05, 0.1) is 13.2 Å². The van der Waals surface area contributed by atoms with E-state index in [1.807, 2.05) is 19.2 Å². The number of guanidine groups is 1. The standard InChI is InChI=1S/C22H38N4O2/c1-22(2,3)19-8-6-7-9-20(19)28-16-12-24-21(23-4)25-18-10-13-26(14-11-18)15-17-27-5/h6-9,18H,10-17H2,1-5H3,(H2,23,24,25). The summed E-state index contributed by atoms with van der Waals surface area (Å²) in [6.45, 7) is 12.0. The van der Waals surface area contributed by atoms with Gasteiger partial charge in [0.1, 0.15) is 12.4 Å². The molecule has 0 aliphatic carbocycles. The van der Waals surface area contributed by atoms with Gasteiger partial charge in [-0.25, -0.2) is 0 Å². The molecule has 6 nitrogen and oxygen atoms in total. The van der Waals surface area contributed by atoms with E-state index in [0.29, 0.717) is 19.2 Å². The van der Waals surface area contributed by atoms with Gasteiger partial charge in [0.15, 0.2) is 5.96 Å². The highest BCUT2D eigenvalue weighted by atomic mass is 16.5. The van der Waals surface area contributed by atoms with Gasteiger partial charge in [-0.15, -0.1) is 0 Å². The topological polar surface area (TPSA) is 58.1 Å². The molecule has 28 heavy (non-hydrogen) atoms. The number of aliphatic imine (C=N–C) groups is 1. The van der Waals surface area contributed by atoms with Gasteiger partial charge < -0.3 is 25.0 Å². The number of nitrogens with one attached hydrogen (secondary N) is 2. The number of para-hydroxylation sites is 1. The Kier molecular flexibility index (Phi) is 9.06. The van der Waals surface area contributed by atoms with Gasteiger partial charge in [0.25, 0.3) is 0 Å². The van der Waals surface area contributed by atoms with Crippen LogP contribution >= 0.6 is 0 Å². The van der Waals surface area contributed by atoms with Crippen molar-refractivity contribution in [3.63, 3.8) is 0 Å². The average Bonchev–Trinajstić information content (AvgIpc) is 2.69. The lowest BCUT2D eigenvalue weighted by atomic mass is 9.86. The summed E-state index contributed by atoms with van der Waals surface area (Å²) >= 11 is 0. The van der Waals surface area contributed by atoms with Crippen molar-refractivity contribution in [3.05, 3.63) is 29.8 Å². The Morgan fingerprint density at radius 3 is 2.54 bits per heavy atom. The van der Waals surface area contributed by atoms with Crippen molar-refractivity contribution in [1.82, 2.24) is 15.5 Å². The van der Waals surface area contributed by atoms with Crippen LogP contribution in [0.3, 0.4) is 0 Å². The van der Waals surface area contributed by atoms with E-state index in [2.05, 4.69) is 53.4 Å². The minimum absolute atomic E-state index is 0.0692. The molecule has 1 saturated heterocycles. The fourth-order valence-corrected chi connectivity index (χ4v) is 3.45. The summed E-state index contributed by atoms with van der Waals surface area (Å²) in [7, 11) is 3.58. The monoisotopic (exact) mass is 390 g/mol. The lowest BCUT2D eigenvalue weighted by Crippen LogP contribution is -2.49. The Hall–Kier alpha value is -1.79. The summed E-state index contributed by atoms with van der Waals surface area (Å²) < 4.78 is 11.2. The van der Waals surface area contributed by atoms with Crippen molar-refractivity contribution in [1.29, 1.82) is 0 Å². The molecule has 2 N–H and O–H groups in total. The summed E-state index contributed by atoms with van der Waals surface area (Å²) in [5.41, 5.74) is 1.30. The number of rotatable bonds is 8. The molecule has 2 rings (SSSR count). The van der Waals surface area contributed by atoms with Crippen LogP contribution in [0.2, 0.25) is 0 Å². The van der Waals surface area contributed by atoms with E-state index in [4.69, 9.17) is 9.47 Å². The van der Waals surface area contributed by atoms with E-state index in [0.717, 1.165) is 50.8 Å². The third-order valence-electron chi connectivity index (χ3n) is 5.11. The first kappa shape index (κ1) is 22.5. The number of nitrogens with zero attached hydrogens (tertiary/aromatic N) is 2. The molecule has 6 heteroatoms. The highest BCUT2D eigenvalue weighted by Crippen LogP contribution is 2.30. The lowest BCUT2D eigenvalue weighted by Gasteiger charge is -2.32. The molecule has 1 aliphatic heterocycles. The SMILES string of the molecule is CN=C(NCCOc1ccccc1C(C)(C)C)NC1CCN(CCOC)CC1. The molecule has 1 fully saturated rings. The number of methoxy groups -OCH3 is 1. The van der Waals surface area contributed by atoms with Crippen LogP contribution in [0.4, 0.5) is 0 Å². The highest BCUT2D eigenvalue weighted by Gasteiger charge is 2.20. The fourth-order valence-electron chi connectivity index (χ4n) is 3.45. The van der Waals surface area contributed by atoms with E-state index in [1.165, 1.54) is 5.56 Å². The Morgan fingerprint density at radius 2 is 1.89 bits per heavy atom. The summed E-state index contributed by atoms with van der Waals surface area (Å²) in [5, 5.41) is 6.91. The Balaban J connectivity index is 1.71. The maximum atomic E-state index is 6.04. The molecule has 0 amide bonds. The van der Waals surface area contributed by atoms with Gasteiger partial charge in [-0.3, -0.25) is 4.99 Å². The molecule has 0 spiro atoms. The van der Waals surface area contributed by atoms with E-state index in [9.17, 15) is 0 Å². The van der Waals surface area contributed by atoms with Crippen molar-refractivity contribution in [2.24, 2.45) is 4.99 Å². The van der Waals surface area contributed by atoms with Crippen LogP contribution in [0, 0.1) is 0 Å². The van der Waals surface area contributed by atoms with Gasteiger partial charge in [-0.1, -0.05) is 39.0 Å². The minimum Gasteiger partial charge on any atom is -0.491 e. The maximum Gasteiger partial charge on any atom is 0.191 e. The van der Waals surface area contributed by atoms with Crippen LogP contribution < -0.4 is 15.4 Å². The van der Waals surface area contributed by atoms with Gasteiger partial charge in [-0.2, -0.15) is 0 Å². The zero-order valence-corrected chi connectivity index (χ0v) is 18.3. The van der Waals surface area contributed by atoms with Crippen LogP contribution in [0.15, 0.2) is 29.3 Å². The van der Waals surface area contributed by atoms with Gasteiger partial charge in [0, 0.05) is 39.8 Å². The van der Waals surface area contributed by atoms with E-state index >= 15 is 0 Å². The quantitative estimate of drug-likeness (QED) is 0.406. The zero-order chi connectivity index (χ0) is 20.4. The predicted molar refractivity (Wildman–Crippen MR) is 116 cm³/mol. The van der Waals surface area contributed by atoms with Gasteiger partial charge >= 0.3 is 0 Å². The van der Waals surface area contributed by atoms with Crippen LogP contribution in [0.5, 0.6) is 5.75 Å². The molecule has 0 aromatic heterocycles. The molecule has 1 aromatic rings. The second-order valence-corrected chi connectivity index (χ2v) is 8.35. The molecule has 1 aliphatic rings. The van der Waals surface area contributed by atoms with Crippen LogP contribution in [0.1, 0.15) is 39.2 Å². The summed E-state index contributed by atoms with van der Waals surface area (Å²) in [5.74, 6) is 1.81. The van der Waals surface area contributed by atoms with E-state index < -0.39 is 0 Å². The first-order valence-electron chi connectivity index (χ1n) is 10.3. The second kappa shape index (κ2) is 11.3. The molecule has 0 bridgehead atoms. The number of benzene rings is 1. The first-order chi connectivity index (χ1) is 13.4. The zero-order valence-electron chi connectivity index (χ0n) is 18.3. The van der Waals surface area contributed by atoms with Crippen LogP contribution in [0.25, 0.3) is 0 Å². The van der Waals surface area contributed by atoms with E-state index in [-0.39, 0.29) is 5.41 Å². The molecular weight excluding hydrogens is 352 g/mol. The van der Waals surface area contributed by atoms with Gasteiger partial charge in [-0.05, 0) is 29.9 Å². The lowest BCUT2D eigenvalue weighted by molar-refractivity contribution is 0.128. The predicted octanol–water partition coefficient (Wildman–Crippen LogP) is 2.64. The minimum atomic E-state index is 0.0692. The molecule has 0 unspecified atom stereocenters. The largest absolute Gasteiger partial charge is 0.491 e. The molecule has 0 radical (unpaired) electrons. The molecule has 158 valence electrons. The van der Waals surface area contributed by atoms with Crippen LogP contribution in [-0.4, -0.2) is 70.5 Å². The molecule has 1 aromatic carbocycles. The third kappa shape index (κ3) is 7.32. The second-order valence-electron chi connectivity index (χ2n) is 8.35. The smallest absolute Gasteiger partial charge is 0.191 e. The third-order valence-corrected chi connectivity index (χ3v) is 5.11. The highest BCUT2D eigenvalue weighted by molar-refractivity contribution is 5.79. The molecular formula is C22H38N4O2. The van der Waals surface area contributed by atoms with Crippen molar-refractivity contribution in [2.45, 2.75) is 45.1 Å². The Bertz CT molecular complexity index is 605.